The molecule has 0 aromatic heterocycles. The largest absolute Gasteiger partial charge is 0.460 e. The van der Waals surface area contributed by atoms with E-state index < -0.39 is 77.3 Å². The molecule has 0 aliphatic rings. The maximum absolute atomic E-state index is 14.8. The Labute approximate surface area is 256 Å². The molecule has 2 aromatic rings. The molecule has 2 aromatic carbocycles. The minimum Gasteiger partial charge on any atom is -0.192 e. The SMILES string of the molecule is Cc1ccc([I+](OS(=O)(=O)C(F)(F)C(F)(F)C(F)(F)C(F)(F)C(F)(F)C(F)(F)C(F)(F)C(F)(F)F)c2ccc(C)c(C)c2)cc1C. The zero-order valence-corrected chi connectivity index (χ0v) is 25.9. The average Bonchev–Trinajstić information content (AvgIpc) is 2.89. The molecule has 0 atom stereocenters. The molecule has 0 aliphatic carbocycles. The van der Waals surface area contributed by atoms with Gasteiger partial charge in [0.05, 0.1) is 0 Å². The first-order valence-corrected chi connectivity index (χ1v) is 16.1. The van der Waals surface area contributed by atoms with Crippen molar-refractivity contribution < 1.29 is 106 Å². The van der Waals surface area contributed by atoms with Gasteiger partial charge in [-0.05, 0) is 76.7 Å². The van der Waals surface area contributed by atoms with Crippen molar-refractivity contribution in [1.29, 1.82) is 0 Å². The number of hydrogen-bond donors (Lipinski definition) is 0. The Bertz CT molecular complexity index is 1520. The van der Waals surface area contributed by atoms with Crippen molar-refractivity contribution in [3.63, 3.8) is 0 Å². The van der Waals surface area contributed by atoms with Gasteiger partial charge in [-0.3, -0.25) is 0 Å². The summed E-state index contributed by atoms with van der Waals surface area (Å²) < 4.78 is 261. The van der Waals surface area contributed by atoms with E-state index in [-0.39, 0.29) is 7.14 Å². The number of benzene rings is 2. The Morgan fingerprint density at radius 1 is 0.478 bits per heavy atom. The molecule has 0 N–H and O–H groups in total. The van der Waals surface area contributed by atoms with Crippen LogP contribution in [-0.4, -0.2) is 55.4 Å². The molecule has 0 unspecified atom stereocenters. The van der Waals surface area contributed by atoms with Crippen molar-refractivity contribution >= 4 is 10.1 Å². The normalized spacial score (nSPS) is 15.1. The molecule has 0 amide bonds. The molecule has 22 heteroatoms. The predicted octanol–water partition coefficient (Wildman–Crippen LogP) is 5.81. The second kappa shape index (κ2) is 11.8. The zero-order valence-electron chi connectivity index (χ0n) is 22.9. The minimum atomic E-state index is -8.92. The summed E-state index contributed by atoms with van der Waals surface area (Å²) >= 11 is -4.61. The van der Waals surface area contributed by atoms with E-state index in [2.05, 4.69) is 2.51 Å². The summed E-state index contributed by atoms with van der Waals surface area (Å²) in [5.74, 6) is -52.1. The van der Waals surface area contributed by atoms with Gasteiger partial charge in [-0.25, -0.2) is 0 Å². The third-order valence-electron chi connectivity index (χ3n) is 6.49. The van der Waals surface area contributed by atoms with E-state index in [1.807, 2.05) is 0 Å². The van der Waals surface area contributed by atoms with Gasteiger partial charge in [-0.2, -0.15) is 83.1 Å². The molecule has 0 saturated carbocycles. The van der Waals surface area contributed by atoms with E-state index in [1.165, 1.54) is 39.8 Å². The highest BCUT2D eigenvalue weighted by molar-refractivity contribution is 7.87. The fraction of sp³-hybridized carbons (Fsp3) is 0.500. The van der Waals surface area contributed by atoms with Crippen LogP contribution < -0.4 is 20.2 Å². The van der Waals surface area contributed by atoms with Gasteiger partial charge in [-0.15, -0.1) is 0 Å². The molecule has 3 nitrogen and oxygen atoms in total. The first-order chi connectivity index (χ1) is 20.2. The first kappa shape index (κ1) is 40.1. The Kier molecular flexibility index (Phi) is 10.3. The second-order valence-corrected chi connectivity index (χ2v) is 16.2. The van der Waals surface area contributed by atoms with Gasteiger partial charge in [0, 0.05) is 0 Å². The molecule has 2 rings (SSSR count). The molecule has 263 valence electrons. The Morgan fingerprint density at radius 3 is 1.09 bits per heavy atom. The van der Waals surface area contributed by atoms with Crippen molar-refractivity contribution in [2.45, 2.75) is 74.7 Å². The van der Waals surface area contributed by atoms with Gasteiger partial charge in [0.15, 0.2) is 7.14 Å². The molecule has 46 heavy (non-hydrogen) atoms. The molecule has 1 radical (unpaired) electrons. The van der Waals surface area contributed by atoms with Crippen LogP contribution in [0, 0.1) is 34.8 Å². The molecular weight excluding hydrogens is 818 g/mol. The third-order valence-corrected chi connectivity index (χ3v) is 13.8. The number of rotatable bonds is 11. The summed E-state index contributed by atoms with van der Waals surface area (Å²) in [6.45, 7) is 5.75. The molecule has 0 aliphatic heterocycles. The summed E-state index contributed by atoms with van der Waals surface area (Å²) in [7, 11) is -7.72. The molecule has 0 heterocycles. The maximum Gasteiger partial charge on any atom is 0.460 e. The topological polar surface area (TPSA) is 43.4 Å². The van der Waals surface area contributed by atoms with Crippen LogP contribution in [0.25, 0.3) is 0 Å². The Morgan fingerprint density at radius 2 is 0.783 bits per heavy atom. The van der Waals surface area contributed by atoms with Crippen molar-refractivity contribution in [3.8, 4) is 0 Å². The lowest BCUT2D eigenvalue weighted by Gasteiger charge is -2.42. The van der Waals surface area contributed by atoms with Crippen LogP contribution in [0.5, 0.6) is 0 Å². The number of hydrogen-bond acceptors (Lipinski definition) is 3. The quantitative estimate of drug-likeness (QED) is 0.212. The van der Waals surface area contributed by atoms with Crippen molar-refractivity contribution in [2.75, 3.05) is 0 Å². The molecule has 0 bridgehead atoms. The average molecular weight is 836 g/mol. The first-order valence-electron chi connectivity index (χ1n) is 11.7. The van der Waals surface area contributed by atoms with Crippen LogP contribution in [-0.2, 0) is 12.6 Å². The minimum absolute atomic E-state index is 0.298. The fourth-order valence-corrected chi connectivity index (χ4v) is 10.7. The van der Waals surface area contributed by atoms with E-state index in [1.54, 1.807) is 0 Å². The number of halogens is 18. The van der Waals surface area contributed by atoms with Gasteiger partial charge >= 0.3 is 77.3 Å². The van der Waals surface area contributed by atoms with Crippen LogP contribution in [0.4, 0.5) is 74.6 Å². The van der Waals surface area contributed by atoms with E-state index in [0.29, 0.717) is 22.3 Å². The Hall–Kier alpha value is -2.11. The fourth-order valence-electron chi connectivity index (χ4n) is 3.25. The summed E-state index contributed by atoms with van der Waals surface area (Å²) in [5.41, 5.74) is 1.56. The van der Waals surface area contributed by atoms with E-state index in [0.717, 1.165) is 24.3 Å². The smallest absolute Gasteiger partial charge is 0.192 e. The predicted molar refractivity (Wildman–Crippen MR) is 120 cm³/mol. The lowest BCUT2D eigenvalue weighted by atomic mass is 9.91. The van der Waals surface area contributed by atoms with Crippen molar-refractivity contribution in [1.82, 2.24) is 0 Å². The van der Waals surface area contributed by atoms with Crippen LogP contribution in [0.3, 0.4) is 0 Å². The van der Waals surface area contributed by atoms with Gasteiger partial charge in [0.2, 0.25) is 0 Å². The van der Waals surface area contributed by atoms with E-state index in [9.17, 15) is 83.1 Å². The highest BCUT2D eigenvalue weighted by atomic mass is 127. The van der Waals surface area contributed by atoms with Crippen molar-refractivity contribution in [3.05, 3.63) is 65.8 Å². The maximum atomic E-state index is 14.8. The molecular formula is C24H18F17IO3S+. The van der Waals surface area contributed by atoms with Gasteiger partial charge < -0.3 is 0 Å². The zero-order chi connectivity index (χ0) is 36.5. The van der Waals surface area contributed by atoms with Gasteiger partial charge in [0.25, 0.3) is 0 Å². The monoisotopic (exact) mass is 836 g/mol. The van der Waals surface area contributed by atoms with E-state index >= 15 is 0 Å². The highest BCUT2D eigenvalue weighted by Crippen LogP contribution is 2.64. The Balaban J connectivity index is 2.75. The van der Waals surface area contributed by atoms with Crippen LogP contribution in [0.15, 0.2) is 36.4 Å². The van der Waals surface area contributed by atoms with Gasteiger partial charge in [0.1, 0.15) is 0 Å². The highest BCUT2D eigenvalue weighted by Gasteiger charge is 2.96. The third kappa shape index (κ3) is 5.91. The van der Waals surface area contributed by atoms with E-state index in [4.69, 9.17) is 0 Å². The lowest BCUT2D eigenvalue weighted by molar-refractivity contribution is -1.03. The summed E-state index contributed by atoms with van der Waals surface area (Å²) in [6, 6.07) is 6.72. The van der Waals surface area contributed by atoms with Crippen LogP contribution in [0.2, 0.25) is 0 Å². The summed E-state index contributed by atoms with van der Waals surface area (Å²) in [5, 5.41) is -7.75. The van der Waals surface area contributed by atoms with Gasteiger partial charge in [-0.1, -0.05) is 12.1 Å². The summed E-state index contributed by atoms with van der Waals surface area (Å²) in [4.78, 5) is 0. The molecule has 0 spiro atoms. The molecule has 0 fully saturated rings. The molecule has 0 saturated heterocycles. The number of alkyl halides is 17. The second-order valence-electron chi connectivity index (χ2n) is 9.68. The van der Waals surface area contributed by atoms with Crippen molar-refractivity contribution in [2.24, 2.45) is 0 Å². The van der Waals surface area contributed by atoms with Crippen LogP contribution >= 0.6 is 0 Å². The lowest BCUT2D eigenvalue weighted by Crippen LogP contribution is -3.85. The summed E-state index contributed by atoms with van der Waals surface area (Å²) in [6.07, 6.45) is -7.90. The number of aryl methyl sites for hydroxylation is 4. The standard InChI is InChI=1S/C24H18F17IO3S/c1-11-5-7-15(9-13(11)3)42(16-8-6-12(2)14(4)10-16)45-46(43,44)24(40,41)22(35,36)20(31,32)18(27,28)17(25,26)19(29,30)21(33,34)23(37,38)39/h5-10H,1-4H3/q+1. The van der Waals surface area contributed by atoms with Crippen LogP contribution in [0.1, 0.15) is 22.3 Å².